The molecule has 0 amide bonds. The Labute approximate surface area is 207 Å². The van der Waals surface area contributed by atoms with Crippen molar-refractivity contribution >= 4 is 46.2 Å². The normalized spacial score (nSPS) is 11.3. The van der Waals surface area contributed by atoms with Crippen LogP contribution in [0.4, 0.5) is 24.5 Å². The molecule has 0 aliphatic rings. The van der Waals surface area contributed by atoms with Gasteiger partial charge in [0.05, 0.1) is 32.8 Å². The molecule has 34 heavy (non-hydrogen) atoms. The van der Waals surface area contributed by atoms with Crippen LogP contribution in [0.5, 0.6) is 17.2 Å². The van der Waals surface area contributed by atoms with Crippen molar-refractivity contribution in [1.82, 2.24) is 0 Å². The summed E-state index contributed by atoms with van der Waals surface area (Å²) in [4.78, 5) is 10.4. The van der Waals surface area contributed by atoms with Crippen molar-refractivity contribution in [3.8, 4) is 17.2 Å². The molecule has 0 saturated heterocycles. The first-order valence-electron chi connectivity index (χ1n) is 9.67. The number of nitrogens with zero attached hydrogens (tertiary/aromatic N) is 1. The molecule has 0 radical (unpaired) electrons. The second kappa shape index (κ2) is 10.6. The predicted molar refractivity (Wildman–Crippen MR) is 125 cm³/mol. The van der Waals surface area contributed by atoms with Crippen LogP contribution in [0, 0.1) is 10.1 Å². The minimum absolute atomic E-state index is 0.0409. The number of halogens is 6. The van der Waals surface area contributed by atoms with Gasteiger partial charge in [0.25, 0.3) is 0 Å². The average molecular weight is 536 g/mol. The largest absolute Gasteiger partial charge is 0.490 e. The zero-order valence-corrected chi connectivity index (χ0v) is 19.6. The van der Waals surface area contributed by atoms with Crippen molar-refractivity contribution in [3.05, 3.63) is 84.8 Å². The summed E-state index contributed by atoms with van der Waals surface area (Å²) in [6, 6.07) is 10.0. The van der Waals surface area contributed by atoms with Crippen molar-refractivity contribution in [2.45, 2.75) is 19.6 Å². The van der Waals surface area contributed by atoms with Gasteiger partial charge in [0.15, 0.2) is 11.5 Å². The van der Waals surface area contributed by atoms with Crippen molar-refractivity contribution < 1.29 is 27.6 Å². The molecule has 3 aromatic carbocycles. The second-order valence-electron chi connectivity index (χ2n) is 6.86. The summed E-state index contributed by atoms with van der Waals surface area (Å²) in [5.41, 5.74) is -0.754. The number of nitrogens with one attached hydrogen (secondary N) is 1. The lowest BCUT2D eigenvalue weighted by Crippen LogP contribution is -2.06. The van der Waals surface area contributed by atoms with Crippen molar-refractivity contribution in [1.29, 1.82) is 0 Å². The van der Waals surface area contributed by atoms with Crippen LogP contribution in [0.3, 0.4) is 0 Å². The Bertz CT molecular complexity index is 1220. The summed E-state index contributed by atoms with van der Waals surface area (Å²) < 4.78 is 50.1. The van der Waals surface area contributed by atoms with Gasteiger partial charge in [0.2, 0.25) is 5.75 Å². The Morgan fingerprint density at radius 3 is 2.35 bits per heavy atom. The van der Waals surface area contributed by atoms with E-state index in [2.05, 4.69) is 5.32 Å². The molecule has 0 saturated carbocycles. The van der Waals surface area contributed by atoms with Gasteiger partial charge >= 0.3 is 11.9 Å². The SMILES string of the molecule is CCOc1cc(CNc2ccc(Cl)cc2Cl)cc(Cl)c1Oc1ccc(C(F)(F)F)cc1[N+](=O)[O-]. The number of benzene rings is 3. The smallest absolute Gasteiger partial charge is 0.416 e. The third kappa shape index (κ3) is 6.16. The van der Waals surface area contributed by atoms with Gasteiger partial charge in [-0.1, -0.05) is 34.8 Å². The summed E-state index contributed by atoms with van der Waals surface area (Å²) >= 11 is 18.4. The van der Waals surface area contributed by atoms with Gasteiger partial charge in [0.1, 0.15) is 0 Å². The van der Waals surface area contributed by atoms with Crippen LogP contribution in [-0.4, -0.2) is 11.5 Å². The van der Waals surface area contributed by atoms with Crippen LogP contribution in [-0.2, 0) is 12.7 Å². The highest BCUT2D eigenvalue weighted by Gasteiger charge is 2.33. The van der Waals surface area contributed by atoms with Gasteiger partial charge in [-0.25, -0.2) is 0 Å². The van der Waals surface area contributed by atoms with E-state index >= 15 is 0 Å². The van der Waals surface area contributed by atoms with E-state index in [0.29, 0.717) is 33.4 Å². The summed E-state index contributed by atoms with van der Waals surface area (Å²) in [5.74, 6) is -0.331. The van der Waals surface area contributed by atoms with Gasteiger partial charge in [-0.3, -0.25) is 10.1 Å². The number of rotatable bonds is 8. The summed E-state index contributed by atoms with van der Waals surface area (Å²) in [6.45, 7) is 2.19. The molecule has 3 rings (SSSR count). The molecule has 6 nitrogen and oxygen atoms in total. The highest BCUT2D eigenvalue weighted by atomic mass is 35.5. The lowest BCUT2D eigenvalue weighted by atomic mass is 10.1. The Balaban J connectivity index is 1.92. The van der Waals surface area contributed by atoms with Gasteiger partial charge in [-0.05, 0) is 55.0 Å². The van der Waals surface area contributed by atoms with Gasteiger partial charge in [0, 0.05) is 17.6 Å². The van der Waals surface area contributed by atoms with Crippen LogP contribution in [0.25, 0.3) is 0 Å². The van der Waals surface area contributed by atoms with E-state index in [9.17, 15) is 23.3 Å². The van der Waals surface area contributed by atoms with Crippen LogP contribution in [0.1, 0.15) is 18.1 Å². The van der Waals surface area contributed by atoms with Crippen molar-refractivity contribution in [2.24, 2.45) is 0 Å². The van der Waals surface area contributed by atoms with Crippen molar-refractivity contribution in [2.75, 3.05) is 11.9 Å². The molecule has 180 valence electrons. The Morgan fingerprint density at radius 1 is 1.00 bits per heavy atom. The predicted octanol–water partition coefficient (Wildman–Crippen LogP) is 8.38. The Hall–Kier alpha value is -2.88. The second-order valence-corrected chi connectivity index (χ2v) is 8.11. The molecule has 12 heteroatoms. The number of nitro benzene ring substituents is 1. The van der Waals surface area contributed by atoms with Crippen LogP contribution < -0.4 is 14.8 Å². The molecule has 0 spiro atoms. The molecule has 0 atom stereocenters. The first-order chi connectivity index (χ1) is 16.0. The van der Waals surface area contributed by atoms with E-state index in [1.165, 1.54) is 6.07 Å². The molecule has 0 fully saturated rings. The topological polar surface area (TPSA) is 73.6 Å². The van der Waals surface area contributed by atoms with Crippen LogP contribution in [0.15, 0.2) is 48.5 Å². The summed E-state index contributed by atoms with van der Waals surface area (Å²) in [6.07, 6.45) is -4.75. The summed E-state index contributed by atoms with van der Waals surface area (Å²) in [5, 5.41) is 15.4. The van der Waals surface area contributed by atoms with Gasteiger partial charge in [-0.15, -0.1) is 0 Å². The monoisotopic (exact) mass is 534 g/mol. The standard InChI is InChI=1S/C22H16Cl3F3N2O4/c1-2-33-20-8-12(11-29-17-5-4-14(23)10-15(17)24)7-16(25)21(20)34-19-6-3-13(22(26,27)28)9-18(19)30(31)32/h3-10,29H,2,11H2,1H3. The molecule has 3 aromatic rings. The van der Waals surface area contributed by atoms with Crippen LogP contribution >= 0.6 is 34.8 Å². The van der Waals surface area contributed by atoms with E-state index in [0.717, 1.165) is 6.07 Å². The van der Waals surface area contributed by atoms with E-state index in [4.69, 9.17) is 44.3 Å². The molecule has 0 aliphatic heterocycles. The number of anilines is 1. The minimum Gasteiger partial charge on any atom is -0.490 e. The van der Waals surface area contributed by atoms with E-state index in [1.807, 2.05) is 0 Å². The molecular weight excluding hydrogens is 520 g/mol. The zero-order chi connectivity index (χ0) is 25.0. The number of ether oxygens (including phenoxy) is 2. The fourth-order valence-corrected chi connectivity index (χ4v) is 3.70. The minimum atomic E-state index is -4.75. The molecule has 0 heterocycles. The number of alkyl halides is 3. The first-order valence-corrected chi connectivity index (χ1v) is 10.8. The lowest BCUT2D eigenvalue weighted by molar-refractivity contribution is -0.385. The van der Waals surface area contributed by atoms with E-state index in [1.54, 1.807) is 31.2 Å². The van der Waals surface area contributed by atoms with Crippen LogP contribution in [0.2, 0.25) is 15.1 Å². The van der Waals surface area contributed by atoms with Crippen molar-refractivity contribution in [3.63, 3.8) is 0 Å². The van der Waals surface area contributed by atoms with E-state index < -0.39 is 28.1 Å². The zero-order valence-electron chi connectivity index (χ0n) is 17.4. The number of hydrogen-bond acceptors (Lipinski definition) is 5. The fourth-order valence-electron chi connectivity index (χ4n) is 2.95. The quantitative estimate of drug-likeness (QED) is 0.232. The highest BCUT2D eigenvalue weighted by Crippen LogP contribution is 2.44. The maximum absolute atomic E-state index is 13.0. The third-order valence-corrected chi connectivity index (χ3v) is 5.31. The Morgan fingerprint density at radius 2 is 1.74 bits per heavy atom. The lowest BCUT2D eigenvalue weighted by Gasteiger charge is -2.16. The number of nitro groups is 1. The number of hydrogen-bond donors (Lipinski definition) is 1. The maximum Gasteiger partial charge on any atom is 0.416 e. The molecule has 0 aliphatic carbocycles. The molecule has 1 N–H and O–H groups in total. The molecule has 0 unspecified atom stereocenters. The highest BCUT2D eigenvalue weighted by molar-refractivity contribution is 6.36. The van der Waals surface area contributed by atoms with Gasteiger partial charge < -0.3 is 14.8 Å². The molecule has 0 aromatic heterocycles. The molecule has 0 bridgehead atoms. The Kier molecular flexibility index (Phi) is 8.01. The maximum atomic E-state index is 13.0. The summed E-state index contributed by atoms with van der Waals surface area (Å²) in [7, 11) is 0. The first kappa shape index (κ1) is 25.7. The molecular formula is C22H16Cl3F3N2O4. The fraction of sp³-hybridized carbons (Fsp3) is 0.182. The average Bonchev–Trinajstić information content (AvgIpc) is 2.75. The van der Waals surface area contributed by atoms with Gasteiger partial charge in [-0.2, -0.15) is 13.2 Å². The third-order valence-electron chi connectivity index (χ3n) is 4.48. The van der Waals surface area contributed by atoms with E-state index in [-0.39, 0.29) is 29.7 Å².